The van der Waals surface area contributed by atoms with Crippen LogP contribution in [0.1, 0.15) is 83.3 Å². The van der Waals surface area contributed by atoms with Gasteiger partial charge in [0.1, 0.15) is 0 Å². The van der Waals surface area contributed by atoms with E-state index in [1.54, 1.807) is 0 Å². The molecule has 0 spiro atoms. The molecular formula is C44H43B. The molecule has 0 nitrogen and oxygen atoms in total. The molecule has 0 N–H and O–H groups in total. The molecule has 0 aliphatic heterocycles. The fourth-order valence-corrected chi connectivity index (χ4v) is 9.84. The van der Waals surface area contributed by atoms with Gasteiger partial charge in [-0.2, -0.15) is 0 Å². The van der Waals surface area contributed by atoms with E-state index in [4.69, 9.17) is 0 Å². The van der Waals surface area contributed by atoms with Gasteiger partial charge < -0.3 is 0 Å². The van der Waals surface area contributed by atoms with Gasteiger partial charge in [0.25, 0.3) is 0 Å². The second-order valence-electron chi connectivity index (χ2n) is 15.3. The first kappa shape index (κ1) is 28.4. The maximum absolute atomic E-state index is 2.44. The zero-order chi connectivity index (χ0) is 31.7. The van der Waals surface area contributed by atoms with Crippen molar-refractivity contribution in [3.63, 3.8) is 0 Å². The molecule has 0 amide bonds. The van der Waals surface area contributed by atoms with Gasteiger partial charge in [-0.25, -0.2) is 0 Å². The number of hydrogen-bond acceptors (Lipinski definition) is 0. The highest BCUT2D eigenvalue weighted by Gasteiger charge is 2.44. The third-order valence-electron chi connectivity index (χ3n) is 11.6. The SMILES string of the molecule is Cc1cc(C)c(B(c2c(C)cc(C)cc2C)c2c3cccc4c3c3c5c(cccc25)C(C)(C)c2cccc(c2-3)C4(C)C)c(C)c1. The molecule has 0 atom stereocenters. The van der Waals surface area contributed by atoms with Crippen LogP contribution in [0.2, 0.25) is 0 Å². The van der Waals surface area contributed by atoms with E-state index in [0.29, 0.717) is 0 Å². The number of aryl methyl sites for hydroxylation is 6. The lowest BCUT2D eigenvalue weighted by Crippen LogP contribution is -2.56. The molecule has 0 saturated carbocycles. The maximum atomic E-state index is 2.44. The zero-order valence-electron chi connectivity index (χ0n) is 28.6. The lowest BCUT2D eigenvalue weighted by molar-refractivity contribution is 0.619. The molecule has 0 aromatic heterocycles. The summed E-state index contributed by atoms with van der Waals surface area (Å²) in [6.45, 7) is 23.7. The molecule has 0 bridgehead atoms. The van der Waals surface area contributed by atoms with E-state index in [0.717, 1.165) is 0 Å². The summed E-state index contributed by atoms with van der Waals surface area (Å²) in [7, 11) is 0. The molecular weight excluding hydrogens is 539 g/mol. The second-order valence-corrected chi connectivity index (χ2v) is 15.3. The summed E-state index contributed by atoms with van der Waals surface area (Å²) in [5.74, 6) is 0. The van der Waals surface area contributed by atoms with Crippen molar-refractivity contribution >= 4 is 44.6 Å². The Bertz CT molecular complexity index is 2080. The third kappa shape index (κ3) is 3.62. The van der Waals surface area contributed by atoms with Gasteiger partial charge in [0.05, 0.1) is 0 Å². The molecule has 2 aliphatic carbocycles. The molecule has 0 fully saturated rings. The van der Waals surface area contributed by atoms with Crippen LogP contribution >= 0.6 is 0 Å². The molecule has 0 unspecified atom stereocenters. The molecule has 0 heterocycles. The highest BCUT2D eigenvalue weighted by Crippen LogP contribution is 2.58. The molecule has 6 aromatic rings. The monoisotopic (exact) mass is 582 g/mol. The lowest BCUT2D eigenvalue weighted by Gasteiger charge is -2.44. The topological polar surface area (TPSA) is 0 Å². The van der Waals surface area contributed by atoms with E-state index in [9.17, 15) is 0 Å². The van der Waals surface area contributed by atoms with E-state index < -0.39 is 0 Å². The molecule has 0 radical (unpaired) electrons. The smallest absolute Gasteiger partial charge is 0.0628 e. The fourth-order valence-electron chi connectivity index (χ4n) is 9.84. The third-order valence-corrected chi connectivity index (χ3v) is 11.6. The van der Waals surface area contributed by atoms with Crippen LogP contribution in [-0.2, 0) is 10.8 Å². The van der Waals surface area contributed by atoms with Crippen molar-refractivity contribution in [3.05, 3.63) is 134 Å². The second kappa shape index (κ2) is 9.23. The van der Waals surface area contributed by atoms with Crippen LogP contribution in [0.3, 0.4) is 0 Å². The van der Waals surface area contributed by atoms with Crippen LogP contribution in [0.15, 0.2) is 78.9 Å². The molecule has 222 valence electrons. The predicted octanol–water partition coefficient (Wildman–Crippen LogP) is 9.31. The molecule has 45 heavy (non-hydrogen) atoms. The Labute approximate surface area is 269 Å². The first-order chi connectivity index (χ1) is 21.3. The maximum Gasteiger partial charge on any atom is 0.244 e. The van der Waals surface area contributed by atoms with Gasteiger partial charge in [-0.15, -0.1) is 0 Å². The van der Waals surface area contributed by atoms with E-state index in [1.165, 1.54) is 105 Å². The van der Waals surface area contributed by atoms with Crippen molar-refractivity contribution in [3.8, 4) is 11.1 Å². The Morgan fingerprint density at radius 1 is 0.422 bits per heavy atom. The van der Waals surface area contributed by atoms with Gasteiger partial charge in [-0.3, -0.25) is 0 Å². The largest absolute Gasteiger partial charge is 0.244 e. The standard InChI is InChI=1S/C44H43B/c1-24-20-26(3)40(27(4)21-24)45(41-28(5)22-25(2)23-29(41)6)42-30-14-11-16-32-36(30)39-37-31(42)15-12-17-33(37)44(9,10)35-19-13-18-34(38(35)39)43(32,7)8/h11-23H,1-10H3. The van der Waals surface area contributed by atoms with Crippen molar-refractivity contribution in [2.75, 3.05) is 0 Å². The van der Waals surface area contributed by atoms with Crippen LogP contribution in [0.25, 0.3) is 32.7 Å². The van der Waals surface area contributed by atoms with Crippen LogP contribution < -0.4 is 16.4 Å². The summed E-state index contributed by atoms with van der Waals surface area (Å²) < 4.78 is 0. The van der Waals surface area contributed by atoms with Crippen molar-refractivity contribution in [1.29, 1.82) is 0 Å². The molecule has 1 heteroatoms. The van der Waals surface area contributed by atoms with Gasteiger partial charge >= 0.3 is 0 Å². The minimum absolute atomic E-state index is 0.105. The van der Waals surface area contributed by atoms with Crippen molar-refractivity contribution in [2.24, 2.45) is 0 Å². The highest BCUT2D eigenvalue weighted by molar-refractivity contribution is 6.99. The lowest BCUT2D eigenvalue weighted by atomic mass is 9.33. The van der Waals surface area contributed by atoms with Gasteiger partial charge in [0, 0.05) is 10.8 Å². The first-order valence-corrected chi connectivity index (χ1v) is 16.7. The van der Waals surface area contributed by atoms with Gasteiger partial charge in [-0.05, 0) is 96.5 Å². The summed E-state index contributed by atoms with van der Waals surface area (Å²) in [5.41, 5.74) is 21.1. The van der Waals surface area contributed by atoms with Crippen molar-refractivity contribution < 1.29 is 0 Å². The van der Waals surface area contributed by atoms with Gasteiger partial charge in [0.2, 0.25) is 6.71 Å². The average molecular weight is 583 g/mol. The Morgan fingerprint density at radius 3 is 1.18 bits per heavy atom. The summed E-state index contributed by atoms with van der Waals surface area (Å²) in [6.07, 6.45) is 0. The molecule has 8 rings (SSSR count). The fraction of sp³-hybridized carbons (Fsp3) is 0.273. The quantitative estimate of drug-likeness (QED) is 0.144. The van der Waals surface area contributed by atoms with Crippen LogP contribution in [0.5, 0.6) is 0 Å². The zero-order valence-corrected chi connectivity index (χ0v) is 28.6. The Hall–Kier alpha value is -4.10. The van der Waals surface area contributed by atoms with Crippen molar-refractivity contribution in [2.45, 2.75) is 80.1 Å². The molecule has 2 aliphatic rings. The number of rotatable bonds is 3. The van der Waals surface area contributed by atoms with E-state index >= 15 is 0 Å². The Balaban J connectivity index is 1.67. The molecule has 0 saturated heterocycles. The van der Waals surface area contributed by atoms with Crippen LogP contribution in [0.4, 0.5) is 0 Å². The highest BCUT2D eigenvalue weighted by atomic mass is 14.4. The minimum atomic E-state index is -0.105. The van der Waals surface area contributed by atoms with Gasteiger partial charge in [-0.1, -0.05) is 156 Å². The van der Waals surface area contributed by atoms with Gasteiger partial charge in [0.15, 0.2) is 0 Å². The molecule has 6 aromatic carbocycles. The summed E-state index contributed by atoms with van der Waals surface area (Å²) >= 11 is 0. The van der Waals surface area contributed by atoms with E-state index in [-0.39, 0.29) is 17.5 Å². The van der Waals surface area contributed by atoms with Crippen LogP contribution in [-0.4, -0.2) is 6.71 Å². The minimum Gasteiger partial charge on any atom is -0.0628 e. The Kier molecular flexibility index (Phi) is 5.82. The first-order valence-electron chi connectivity index (χ1n) is 16.7. The van der Waals surface area contributed by atoms with Crippen molar-refractivity contribution in [1.82, 2.24) is 0 Å². The summed E-state index contributed by atoms with van der Waals surface area (Å²) in [5, 5.41) is 5.73. The number of benzene rings is 6. The predicted molar refractivity (Wildman–Crippen MR) is 197 cm³/mol. The van der Waals surface area contributed by atoms with E-state index in [2.05, 4.69) is 148 Å². The Morgan fingerprint density at radius 2 is 0.778 bits per heavy atom. The number of hydrogen-bond donors (Lipinski definition) is 0. The normalized spacial score (nSPS) is 15.2. The van der Waals surface area contributed by atoms with Crippen LogP contribution in [0, 0.1) is 41.5 Å². The summed E-state index contributed by atoms with van der Waals surface area (Å²) in [4.78, 5) is 0. The average Bonchev–Trinajstić information content (AvgIpc) is 2.96. The summed E-state index contributed by atoms with van der Waals surface area (Å²) in [6, 6.07) is 31.0. The van der Waals surface area contributed by atoms with E-state index in [1.807, 2.05) is 0 Å².